The lowest BCUT2D eigenvalue weighted by Crippen LogP contribution is -2.18. The lowest BCUT2D eigenvalue weighted by atomic mass is 10.1. The minimum absolute atomic E-state index is 0.207. The van der Waals surface area contributed by atoms with Crippen LogP contribution in [0, 0.1) is 12.3 Å². The molecule has 0 bridgehead atoms. The number of hydrogen-bond donors (Lipinski definition) is 1. The van der Waals surface area contributed by atoms with Gasteiger partial charge in [-0.25, -0.2) is 0 Å². The van der Waals surface area contributed by atoms with Gasteiger partial charge in [0.05, 0.1) is 0 Å². The number of nitrogens with zero attached hydrogens (tertiary/aromatic N) is 1. The molecule has 1 aromatic carbocycles. The second-order valence-corrected chi connectivity index (χ2v) is 5.55. The second-order valence-electron chi connectivity index (χ2n) is 4.63. The van der Waals surface area contributed by atoms with E-state index in [-0.39, 0.29) is 12.6 Å². The predicted octanol–water partition coefficient (Wildman–Crippen LogP) is 3.71. The number of terminal acetylenes is 1. The van der Waals surface area contributed by atoms with Gasteiger partial charge in [0.1, 0.15) is 12.4 Å². The summed E-state index contributed by atoms with van der Waals surface area (Å²) in [4.78, 5) is 4.14. The van der Waals surface area contributed by atoms with E-state index in [4.69, 9.17) is 11.2 Å². The zero-order valence-electron chi connectivity index (χ0n) is 11.8. The van der Waals surface area contributed by atoms with Gasteiger partial charge in [0, 0.05) is 35.0 Å². The Morgan fingerprint density at radius 2 is 2.29 bits per heavy atom. The van der Waals surface area contributed by atoms with E-state index in [0.717, 1.165) is 21.3 Å². The maximum Gasteiger partial charge on any atom is 0.148 e. The molecule has 0 saturated carbocycles. The predicted molar refractivity (Wildman–Crippen MR) is 88.0 cm³/mol. The van der Waals surface area contributed by atoms with E-state index in [1.807, 2.05) is 30.5 Å². The summed E-state index contributed by atoms with van der Waals surface area (Å²) in [6.07, 6.45) is 8.89. The standard InChI is InChI=1S/C17H17BrN2O/c1-3-9-21-17-7-6-16(18)10-15(17)12-20-13(2)14-5-4-8-19-11-14/h1,4-8,10-11,13,20H,9,12H2,2H3/t13-/m1/s1. The summed E-state index contributed by atoms with van der Waals surface area (Å²) < 4.78 is 6.59. The fraction of sp³-hybridized carbons (Fsp3) is 0.235. The highest BCUT2D eigenvalue weighted by atomic mass is 79.9. The van der Waals surface area contributed by atoms with Crippen LogP contribution >= 0.6 is 15.9 Å². The first kappa shape index (κ1) is 15.6. The number of hydrogen-bond acceptors (Lipinski definition) is 3. The normalized spacial score (nSPS) is 11.7. The van der Waals surface area contributed by atoms with Crippen LogP contribution in [-0.4, -0.2) is 11.6 Å². The molecule has 0 radical (unpaired) electrons. The molecule has 0 aliphatic rings. The van der Waals surface area contributed by atoms with Crippen molar-refractivity contribution < 1.29 is 4.74 Å². The van der Waals surface area contributed by atoms with Crippen LogP contribution in [0.5, 0.6) is 5.75 Å². The molecule has 2 rings (SSSR count). The number of halogens is 1. The van der Waals surface area contributed by atoms with Crippen LogP contribution < -0.4 is 10.1 Å². The van der Waals surface area contributed by atoms with Crippen molar-refractivity contribution in [2.24, 2.45) is 0 Å². The molecule has 21 heavy (non-hydrogen) atoms. The Morgan fingerprint density at radius 3 is 3.00 bits per heavy atom. The summed E-state index contributed by atoms with van der Waals surface area (Å²) in [5.74, 6) is 3.29. The van der Waals surface area contributed by atoms with Gasteiger partial charge in [-0.15, -0.1) is 6.42 Å². The minimum atomic E-state index is 0.207. The quantitative estimate of drug-likeness (QED) is 0.811. The highest BCUT2D eigenvalue weighted by Crippen LogP contribution is 2.24. The van der Waals surface area contributed by atoms with Crippen molar-refractivity contribution in [3.63, 3.8) is 0 Å². The molecule has 4 heteroatoms. The van der Waals surface area contributed by atoms with Crippen molar-refractivity contribution in [3.8, 4) is 18.1 Å². The lowest BCUT2D eigenvalue weighted by Gasteiger charge is -2.16. The van der Waals surface area contributed by atoms with Crippen molar-refractivity contribution >= 4 is 15.9 Å². The van der Waals surface area contributed by atoms with Crippen molar-refractivity contribution in [3.05, 3.63) is 58.3 Å². The Labute approximate surface area is 133 Å². The van der Waals surface area contributed by atoms with Crippen LogP contribution in [0.3, 0.4) is 0 Å². The van der Waals surface area contributed by atoms with Crippen LogP contribution in [0.25, 0.3) is 0 Å². The van der Waals surface area contributed by atoms with Crippen LogP contribution in [0.4, 0.5) is 0 Å². The van der Waals surface area contributed by atoms with Gasteiger partial charge >= 0.3 is 0 Å². The van der Waals surface area contributed by atoms with Gasteiger partial charge in [-0.3, -0.25) is 4.98 Å². The Balaban J connectivity index is 2.05. The van der Waals surface area contributed by atoms with Crippen molar-refractivity contribution in [1.82, 2.24) is 10.3 Å². The van der Waals surface area contributed by atoms with Gasteiger partial charge in [0.15, 0.2) is 0 Å². The van der Waals surface area contributed by atoms with E-state index in [0.29, 0.717) is 6.54 Å². The molecule has 0 aliphatic heterocycles. The summed E-state index contributed by atoms with van der Waals surface area (Å²) in [6.45, 7) is 3.07. The molecule has 0 unspecified atom stereocenters. The Morgan fingerprint density at radius 1 is 1.43 bits per heavy atom. The topological polar surface area (TPSA) is 34.1 Å². The number of rotatable bonds is 6. The minimum Gasteiger partial charge on any atom is -0.481 e. The molecule has 0 spiro atoms. The lowest BCUT2D eigenvalue weighted by molar-refractivity contribution is 0.364. The Kier molecular flexibility index (Phi) is 5.79. The SMILES string of the molecule is C#CCOc1ccc(Br)cc1CN[C@H](C)c1cccnc1. The van der Waals surface area contributed by atoms with Gasteiger partial charge in [-0.05, 0) is 36.8 Å². The van der Waals surface area contributed by atoms with E-state index in [9.17, 15) is 0 Å². The van der Waals surface area contributed by atoms with Gasteiger partial charge in [0.2, 0.25) is 0 Å². The van der Waals surface area contributed by atoms with Crippen molar-refractivity contribution in [2.45, 2.75) is 19.5 Å². The molecule has 1 heterocycles. The molecule has 3 nitrogen and oxygen atoms in total. The number of ether oxygens (including phenoxy) is 1. The van der Waals surface area contributed by atoms with E-state index < -0.39 is 0 Å². The Bertz CT molecular complexity index is 622. The van der Waals surface area contributed by atoms with E-state index in [1.165, 1.54) is 0 Å². The van der Waals surface area contributed by atoms with E-state index in [1.54, 1.807) is 6.20 Å². The fourth-order valence-corrected chi connectivity index (χ4v) is 2.37. The highest BCUT2D eigenvalue weighted by molar-refractivity contribution is 9.10. The van der Waals surface area contributed by atoms with Crippen LogP contribution in [0.15, 0.2) is 47.2 Å². The zero-order chi connectivity index (χ0) is 15.1. The molecule has 0 aliphatic carbocycles. The fourth-order valence-electron chi connectivity index (χ4n) is 1.96. The van der Waals surface area contributed by atoms with Gasteiger partial charge in [0.25, 0.3) is 0 Å². The molecule has 0 saturated heterocycles. The maximum absolute atomic E-state index is 5.57. The number of nitrogens with one attached hydrogen (secondary N) is 1. The average molecular weight is 345 g/mol. The maximum atomic E-state index is 5.57. The van der Waals surface area contributed by atoms with Crippen LogP contribution in [0.2, 0.25) is 0 Å². The van der Waals surface area contributed by atoms with Crippen molar-refractivity contribution in [1.29, 1.82) is 0 Å². The van der Waals surface area contributed by atoms with Crippen LogP contribution in [0.1, 0.15) is 24.1 Å². The van der Waals surface area contributed by atoms with Crippen molar-refractivity contribution in [2.75, 3.05) is 6.61 Å². The summed E-state index contributed by atoms with van der Waals surface area (Å²) in [5.41, 5.74) is 2.22. The highest BCUT2D eigenvalue weighted by Gasteiger charge is 2.08. The third-order valence-corrected chi connectivity index (χ3v) is 3.61. The smallest absolute Gasteiger partial charge is 0.148 e. The van der Waals surface area contributed by atoms with Gasteiger partial charge in [-0.1, -0.05) is 27.9 Å². The summed E-state index contributed by atoms with van der Waals surface area (Å²) in [7, 11) is 0. The van der Waals surface area contributed by atoms with Crippen LogP contribution in [-0.2, 0) is 6.54 Å². The number of aromatic nitrogens is 1. The second kappa shape index (κ2) is 7.82. The van der Waals surface area contributed by atoms with Gasteiger partial charge in [-0.2, -0.15) is 0 Å². The summed E-state index contributed by atoms with van der Waals surface area (Å²) in [6, 6.07) is 10.1. The molecule has 108 valence electrons. The first-order valence-corrected chi connectivity index (χ1v) is 7.48. The molecular formula is C17H17BrN2O. The van der Waals surface area contributed by atoms with E-state index >= 15 is 0 Å². The summed E-state index contributed by atoms with van der Waals surface area (Å²) in [5, 5.41) is 3.47. The molecule has 1 N–H and O–H groups in total. The van der Waals surface area contributed by atoms with Gasteiger partial charge < -0.3 is 10.1 Å². The number of benzene rings is 1. The van der Waals surface area contributed by atoms with E-state index in [2.05, 4.69) is 45.1 Å². The number of pyridine rings is 1. The molecule has 1 aromatic heterocycles. The zero-order valence-corrected chi connectivity index (χ0v) is 13.4. The first-order chi connectivity index (χ1) is 10.2. The third-order valence-electron chi connectivity index (χ3n) is 3.12. The molecule has 0 amide bonds. The largest absolute Gasteiger partial charge is 0.481 e. The Hall–Kier alpha value is -1.83. The first-order valence-electron chi connectivity index (χ1n) is 6.68. The molecule has 2 aromatic rings. The molecular weight excluding hydrogens is 328 g/mol. The molecule has 1 atom stereocenters. The molecule has 0 fully saturated rings. The average Bonchev–Trinajstić information content (AvgIpc) is 2.52. The summed E-state index contributed by atoms with van der Waals surface area (Å²) >= 11 is 3.48. The monoisotopic (exact) mass is 344 g/mol. The third kappa shape index (κ3) is 4.59.